The molecule has 2 rings (SSSR count). The summed E-state index contributed by atoms with van der Waals surface area (Å²) in [6, 6.07) is 9.19. The molecule has 1 aromatic heterocycles. The highest BCUT2D eigenvalue weighted by Gasteiger charge is 2.37. The largest absolute Gasteiger partial charge is 0.451 e. The van der Waals surface area contributed by atoms with Crippen molar-refractivity contribution in [1.82, 2.24) is 20.1 Å². The molecule has 0 spiro atoms. The quantitative estimate of drug-likeness (QED) is 0.834. The third-order valence-corrected chi connectivity index (χ3v) is 4.53. The van der Waals surface area contributed by atoms with Crippen LogP contribution in [0.2, 0.25) is 0 Å². The van der Waals surface area contributed by atoms with Crippen molar-refractivity contribution in [1.29, 1.82) is 0 Å². The number of benzene rings is 1. The highest BCUT2D eigenvalue weighted by atomic mass is 32.2. The normalized spacial score (nSPS) is 14.2. The van der Waals surface area contributed by atoms with Crippen molar-refractivity contribution in [3.8, 4) is 0 Å². The van der Waals surface area contributed by atoms with E-state index in [1.165, 1.54) is 7.05 Å². The van der Waals surface area contributed by atoms with Crippen molar-refractivity contribution in [2.75, 3.05) is 0 Å². The number of halogens is 3. The number of amides is 1. The second-order valence-corrected chi connectivity index (χ2v) is 6.57. The van der Waals surface area contributed by atoms with Crippen molar-refractivity contribution < 1.29 is 18.0 Å². The fourth-order valence-corrected chi connectivity index (χ4v) is 2.86. The van der Waals surface area contributed by atoms with Gasteiger partial charge < -0.3 is 9.88 Å². The molecule has 0 saturated carbocycles. The zero-order valence-corrected chi connectivity index (χ0v) is 14.1. The first kappa shape index (κ1) is 18.3. The first-order valence-corrected chi connectivity index (χ1v) is 8.06. The van der Waals surface area contributed by atoms with Crippen molar-refractivity contribution in [2.45, 2.75) is 36.5 Å². The summed E-state index contributed by atoms with van der Waals surface area (Å²) in [6.07, 6.45) is -4.58. The Labute approximate surface area is 141 Å². The summed E-state index contributed by atoms with van der Waals surface area (Å²) in [7, 11) is 1.22. The fraction of sp³-hybridized carbons (Fsp3) is 0.400. The molecule has 0 radical (unpaired) electrons. The van der Waals surface area contributed by atoms with E-state index in [0.717, 1.165) is 21.9 Å². The molecule has 5 nitrogen and oxygen atoms in total. The van der Waals surface area contributed by atoms with E-state index in [-0.39, 0.29) is 17.1 Å². The second kappa shape index (κ2) is 7.25. The molecule has 1 heterocycles. The Kier molecular flexibility index (Phi) is 5.53. The number of carbonyl (C=O) groups excluding carboxylic acids is 1. The van der Waals surface area contributed by atoms with Crippen LogP contribution in [0.15, 0.2) is 35.5 Å². The van der Waals surface area contributed by atoms with Crippen LogP contribution in [0.4, 0.5) is 13.2 Å². The van der Waals surface area contributed by atoms with Crippen molar-refractivity contribution in [2.24, 2.45) is 7.05 Å². The van der Waals surface area contributed by atoms with Crippen LogP contribution in [-0.2, 0) is 18.0 Å². The molecule has 130 valence electrons. The molecule has 2 aromatic rings. The minimum atomic E-state index is -4.58. The van der Waals surface area contributed by atoms with Gasteiger partial charge >= 0.3 is 6.18 Å². The molecule has 0 aliphatic heterocycles. The Balaban J connectivity index is 2.01. The Morgan fingerprint density at radius 3 is 2.38 bits per heavy atom. The number of hydrogen-bond acceptors (Lipinski definition) is 4. The van der Waals surface area contributed by atoms with Gasteiger partial charge in [0.15, 0.2) is 5.16 Å². The number of nitrogens with zero attached hydrogens (tertiary/aromatic N) is 3. The number of rotatable bonds is 5. The highest BCUT2D eigenvalue weighted by Crippen LogP contribution is 2.30. The van der Waals surface area contributed by atoms with Crippen LogP contribution in [0.5, 0.6) is 0 Å². The number of thioether (sulfide) groups is 1. The zero-order valence-electron chi connectivity index (χ0n) is 13.3. The van der Waals surface area contributed by atoms with Crippen LogP contribution >= 0.6 is 11.8 Å². The standard InChI is InChI=1S/C15H17F3N4OS/c1-9(11-7-5-4-6-8-11)19-12(23)10(2)24-14-21-20-13(22(14)3)15(16,17)18/h4-10H,1-3H3,(H,19,23)/t9-,10+/m1/s1. The maximum atomic E-state index is 12.7. The summed E-state index contributed by atoms with van der Waals surface area (Å²) in [6.45, 7) is 3.45. The molecule has 0 unspecified atom stereocenters. The van der Waals surface area contributed by atoms with E-state index >= 15 is 0 Å². The van der Waals surface area contributed by atoms with Gasteiger partial charge in [-0.25, -0.2) is 0 Å². The van der Waals surface area contributed by atoms with Crippen molar-refractivity contribution in [3.05, 3.63) is 41.7 Å². The van der Waals surface area contributed by atoms with E-state index in [1.807, 2.05) is 37.3 Å². The van der Waals surface area contributed by atoms with Crippen LogP contribution in [0.1, 0.15) is 31.3 Å². The van der Waals surface area contributed by atoms with Gasteiger partial charge in [0.1, 0.15) is 0 Å². The van der Waals surface area contributed by atoms with Gasteiger partial charge in [-0.2, -0.15) is 13.2 Å². The van der Waals surface area contributed by atoms with Crippen LogP contribution in [0, 0.1) is 0 Å². The lowest BCUT2D eigenvalue weighted by atomic mass is 10.1. The van der Waals surface area contributed by atoms with Crippen LogP contribution < -0.4 is 5.32 Å². The molecule has 1 N–H and O–H groups in total. The lowest BCUT2D eigenvalue weighted by Gasteiger charge is -2.17. The maximum Gasteiger partial charge on any atom is 0.451 e. The van der Waals surface area contributed by atoms with Gasteiger partial charge in [-0.1, -0.05) is 42.1 Å². The van der Waals surface area contributed by atoms with Gasteiger partial charge in [0.25, 0.3) is 0 Å². The topological polar surface area (TPSA) is 59.8 Å². The van der Waals surface area contributed by atoms with Crippen LogP contribution in [0.25, 0.3) is 0 Å². The van der Waals surface area contributed by atoms with Gasteiger partial charge in [0.2, 0.25) is 11.7 Å². The minimum Gasteiger partial charge on any atom is -0.349 e. The van der Waals surface area contributed by atoms with E-state index in [2.05, 4.69) is 15.5 Å². The number of alkyl halides is 3. The number of carbonyl (C=O) groups is 1. The van der Waals surface area contributed by atoms with E-state index in [1.54, 1.807) is 6.92 Å². The maximum absolute atomic E-state index is 12.7. The first-order valence-electron chi connectivity index (χ1n) is 7.18. The lowest BCUT2D eigenvalue weighted by Crippen LogP contribution is -2.33. The van der Waals surface area contributed by atoms with Crippen LogP contribution in [-0.4, -0.2) is 25.9 Å². The van der Waals surface area contributed by atoms with Crippen LogP contribution in [0.3, 0.4) is 0 Å². The van der Waals surface area contributed by atoms with Crippen molar-refractivity contribution >= 4 is 17.7 Å². The smallest absolute Gasteiger partial charge is 0.349 e. The predicted octanol–water partition coefficient (Wildman–Crippen LogP) is 3.19. The molecular formula is C15H17F3N4OS. The number of aromatic nitrogens is 3. The monoisotopic (exact) mass is 358 g/mol. The fourth-order valence-electron chi connectivity index (χ4n) is 2.03. The Morgan fingerprint density at radius 2 is 1.83 bits per heavy atom. The summed E-state index contributed by atoms with van der Waals surface area (Å²) < 4.78 is 39.0. The molecular weight excluding hydrogens is 341 g/mol. The average Bonchev–Trinajstić information content (AvgIpc) is 2.89. The summed E-state index contributed by atoms with van der Waals surface area (Å²) in [5, 5.41) is 8.92. The van der Waals surface area contributed by atoms with E-state index in [0.29, 0.717) is 0 Å². The summed E-state index contributed by atoms with van der Waals surface area (Å²) in [5.74, 6) is -1.37. The minimum absolute atomic E-state index is 0.0392. The molecule has 0 saturated heterocycles. The van der Waals surface area contributed by atoms with E-state index < -0.39 is 17.3 Å². The SMILES string of the molecule is C[C@H](Sc1nnc(C(F)(F)F)n1C)C(=O)N[C@H](C)c1ccccc1. The Bertz CT molecular complexity index is 702. The predicted molar refractivity (Wildman–Crippen MR) is 84.3 cm³/mol. The third-order valence-electron chi connectivity index (χ3n) is 3.40. The molecule has 0 fully saturated rings. The summed E-state index contributed by atoms with van der Waals surface area (Å²) in [4.78, 5) is 12.2. The molecule has 0 aliphatic rings. The van der Waals surface area contributed by atoms with Gasteiger partial charge in [0.05, 0.1) is 11.3 Å². The molecule has 24 heavy (non-hydrogen) atoms. The Hall–Kier alpha value is -2.03. The molecule has 0 aliphatic carbocycles. The van der Waals surface area contributed by atoms with Gasteiger partial charge in [-0.15, -0.1) is 10.2 Å². The zero-order chi connectivity index (χ0) is 17.9. The molecule has 2 atom stereocenters. The first-order chi connectivity index (χ1) is 11.2. The highest BCUT2D eigenvalue weighted by molar-refractivity contribution is 8.00. The van der Waals surface area contributed by atoms with E-state index in [4.69, 9.17) is 0 Å². The number of nitrogens with one attached hydrogen (secondary N) is 1. The third kappa shape index (κ3) is 4.28. The van der Waals surface area contributed by atoms with Gasteiger partial charge in [0, 0.05) is 7.05 Å². The van der Waals surface area contributed by atoms with E-state index in [9.17, 15) is 18.0 Å². The summed E-state index contributed by atoms with van der Waals surface area (Å²) in [5.41, 5.74) is 0.945. The number of hydrogen-bond donors (Lipinski definition) is 1. The van der Waals surface area contributed by atoms with Gasteiger partial charge in [-0.3, -0.25) is 4.79 Å². The lowest BCUT2D eigenvalue weighted by molar-refractivity contribution is -0.147. The second-order valence-electron chi connectivity index (χ2n) is 5.26. The van der Waals surface area contributed by atoms with Gasteiger partial charge in [-0.05, 0) is 19.4 Å². The van der Waals surface area contributed by atoms with Crippen molar-refractivity contribution in [3.63, 3.8) is 0 Å². The molecule has 1 aromatic carbocycles. The summed E-state index contributed by atoms with van der Waals surface area (Å²) >= 11 is 0.930. The molecule has 0 bridgehead atoms. The average molecular weight is 358 g/mol. The Morgan fingerprint density at radius 1 is 1.21 bits per heavy atom. The molecule has 9 heteroatoms. The molecule has 1 amide bonds.